The van der Waals surface area contributed by atoms with Gasteiger partial charge in [-0.05, 0) is 37.7 Å². The highest BCUT2D eigenvalue weighted by atomic mass is 35.5. The number of nitrogens with zero attached hydrogens (tertiary/aromatic N) is 4. The highest BCUT2D eigenvalue weighted by Crippen LogP contribution is 2.29. The van der Waals surface area contributed by atoms with Gasteiger partial charge in [0.15, 0.2) is 0 Å². The second-order valence-electron chi connectivity index (χ2n) is 8.73. The van der Waals surface area contributed by atoms with E-state index in [9.17, 15) is 13.2 Å². The minimum atomic E-state index is -3.34. The molecule has 0 saturated carbocycles. The molecule has 12 heteroatoms. The maximum atomic E-state index is 12.8. The fourth-order valence-corrected chi connectivity index (χ4v) is 5.28. The maximum Gasteiger partial charge on any atom is 0.229 e. The van der Waals surface area contributed by atoms with Gasteiger partial charge in [-0.3, -0.25) is 9.78 Å². The lowest BCUT2D eigenvalue weighted by molar-refractivity contribution is -0.120. The van der Waals surface area contributed by atoms with Crippen LogP contribution < -0.4 is 10.6 Å². The van der Waals surface area contributed by atoms with Gasteiger partial charge in [-0.25, -0.2) is 22.7 Å². The smallest absolute Gasteiger partial charge is 0.229 e. The first-order chi connectivity index (χ1) is 16.3. The van der Waals surface area contributed by atoms with E-state index in [0.29, 0.717) is 53.2 Å². The molecule has 0 unspecified atom stereocenters. The summed E-state index contributed by atoms with van der Waals surface area (Å²) in [6, 6.07) is 1.66. The molecule has 4 heterocycles. The maximum absolute atomic E-state index is 12.8. The number of pyridine rings is 1. The summed E-state index contributed by atoms with van der Waals surface area (Å²) in [6.07, 6.45) is 9.17. The largest absolute Gasteiger partial charge is 0.381 e. The number of sulfonamides is 1. The minimum Gasteiger partial charge on any atom is -0.381 e. The molecule has 0 aromatic carbocycles. The third kappa shape index (κ3) is 6.41. The Balaban J connectivity index is 1.44. The third-order valence-corrected chi connectivity index (χ3v) is 7.72. The summed E-state index contributed by atoms with van der Waals surface area (Å²) in [6.45, 7) is 2.96. The van der Waals surface area contributed by atoms with Gasteiger partial charge in [0.1, 0.15) is 11.6 Å². The zero-order valence-electron chi connectivity index (χ0n) is 19.0. The highest BCUT2D eigenvalue weighted by Gasteiger charge is 2.30. The number of carbonyl (C=O) groups excluding carboxylic acids is 1. The van der Waals surface area contributed by atoms with Crippen LogP contribution in [-0.2, 0) is 19.6 Å². The molecule has 0 bridgehead atoms. The van der Waals surface area contributed by atoms with Gasteiger partial charge >= 0.3 is 0 Å². The van der Waals surface area contributed by atoms with E-state index in [4.69, 9.17) is 16.3 Å². The molecule has 2 aromatic rings. The molecular formula is C22H29ClN6O4S. The predicted molar refractivity (Wildman–Crippen MR) is 130 cm³/mol. The Morgan fingerprint density at radius 1 is 1.21 bits per heavy atom. The van der Waals surface area contributed by atoms with Crippen molar-refractivity contribution in [3.05, 3.63) is 29.7 Å². The van der Waals surface area contributed by atoms with E-state index in [2.05, 4.69) is 25.6 Å². The van der Waals surface area contributed by atoms with Crippen molar-refractivity contribution in [3.8, 4) is 11.3 Å². The summed E-state index contributed by atoms with van der Waals surface area (Å²) in [5.74, 6) is 0.784. The number of hydrogen-bond acceptors (Lipinski definition) is 8. The summed E-state index contributed by atoms with van der Waals surface area (Å²) in [5.41, 5.74) is 1.15. The van der Waals surface area contributed by atoms with Crippen LogP contribution in [0.15, 0.2) is 24.7 Å². The third-order valence-electron chi connectivity index (χ3n) is 6.15. The number of carbonyl (C=O) groups is 1. The molecular weight excluding hydrogens is 480 g/mol. The van der Waals surface area contributed by atoms with Gasteiger partial charge in [-0.15, -0.1) is 0 Å². The average Bonchev–Trinajstić information content (AvgIpc) is 2.84. The first kappa shape index (κ1) is 24.8. The molecule has 2 aliphatic rings. The first-order valence-electron chi connectivity index (χ1n) is 11.3. The Hall–Kier alpha value is -2.34. The molecule has 1 atom stereocenters. The fraction of sp³-hybridized carbons (Fsp3) is 0.545. The van der Waals surface area contributed by atoms with Crippen LogP contribution in [0.4, 0.5) is 11.6 Å². The van der Waals surface area contributed by atoms with Crippen molar-refractivity contribution in [3.63, 3.8) is 0 Å². The summed E-state index contributed by atoms with van der Waals surface area (Å²) < 4.78 is 30.5. The Bertz CT molecular complexity index is 1130. The van der Waals surface area contributed by atoms with Gasteiger partial charge in [-0.1, -0.05) is 11.6 Å². The van der Waals surface area contributed by atoms with Crippen LogP contribution in [0.25, 0.3) is 11.3 Å². The van der Waals surface area contributed by atoms with Crippen LogP contribution in [0.1, 0.15) is 25.7 Å². The predicted octanol–water partition coefficient (Wildman–Crippen LogP) is 2.64. The van der Waals surface area contributed by atoms with Gasteiger partial charge in [0.2, 0.25) is 15.9 Å². The highest BCUT2D eigenvalue weighted by molar-refractivity contribution is 7.88. The molecule has 0 radical (unpaired) electrons. The standard InChI is InChI=1S/C22H29ClN6O4S/c1-34(31,32)29-6-2-3-16(14-29)22(30)28-20-9-17(18(23)11-26-20)19-12-24-13-21(27-19)25-10-15-4-7-33-8-5-15/h9,11-13,15-16H,2-8,10,14H2,1H3,(H,25,27)(H,26,28,30)/t16-/m0/s1. The summed E-state index contributed by atoms with van der Waals surface area (Å²) in [5, 5.41) is 6.52. The molecule has 34 heavy (non-hydrogen) atoms. The van der Waals surface area contributed by atoms with E-state index in [1.807, 2.05) is 0 Å². The second kappa shape index (κ2) is 10.9. The number of aromatic nitrogens is 3. The molecule has 10 nitrogen and oxygen atoms in total. The number of piperidine rings is 1. The van der Waals surface area contributed by atoms with Crippen LogP contribution >= 0.6 is 11.6 Å². The summed E-state index contributed by atoms with van der Waals surface area (Å²) >= 11 is 6.39. The Labute approximate surface area is 204 Å². The number of rotatable bonds is 7. The van der Waals surface area contributed by atoms with Crippen molar-refractivity contribution in [2.24, 2.45) is 11.8 Å². The molecule has 1 amide bonds. The molecule has 2 N–H and O–H groups in total. The lowest BCUT2D eigenvalue weighted by Crippen LogP contribution is -2.43. The molecule has 0 spiro atoms. The molecule has 4 rings (SSSR count). The van der Waals surface area contributed by atoms with Crippen LogP contribution in [0, 0.1) is 11.8 Å². The Morgan fingerprint density at radius 3 is 2.76 bits per heavy atom. The van der Waals surface area contributed by atoms with Crippen LogP contribution in [0.5, 0.6) is 0 Å². The van der Waals surface area contributed by atoms with Gasteiger partial charge < -0.3 is 15.4 Å². The van der Waals surface area contributed by atoms with Crippen LogP contribution in [-0.4, -0.2) is 72.7 Å². The molecule has 2 aromatic heterocycles. The topological polar surface area (TPSA) is 126 Å². The van der Waals surface area contributed by atoms with E-state index < -0.39 is 15.9 Å². The second-order valence-corrected chi connectivity index (χ2v) is 11.1. The van der Waals surface area contributed by atoms with E-state index >= 15 is 0 Å². The van der Waals surface area contributed by atoms with Crippen molar-refractivity contribution in [2.75, 3.05) is 49.7 Å². The minimum absolute atomic E-state index is 0.164. The van der Waals surface area contributed by atoms with Gasteiger partial charge in [0, 0.05) is 44.6 Å². The number of anilines is 2. The van der Waals surface area contributed by atoms with Gasteiger partial charge in [0.25, 0.3) is 0 Å². The van der Waals surface area contributed by atoms with Gasteiger partial charge in [0.05, 0.1) is 35.3 Å². The van der Waals surface area contributed by atoms with E-state index in [0.717, 1.165) is 38.9 Å². The average molecular weight is 509 g/mol. The molecule has 2 saturated heterocycles. The van der Waals surface area contributed by atoms with Gasteiger partial charge in [-0.2, -0.15) is 0 Å². The summed E-state index contributed by atoms with van der Waals surface area (Å²) in [7, 11) is -3.34. The zero-order chi connectivity index (χ0) is 24.1. The van der Waals surface area contributed by atoms with E-state index in [1.165, 1.54) is 10.5 Å². The van der Waals surface area contributed by atoms with Crippen molar-refractivity contribution in [1.29, 1.82) is 0 Å². The lowest BCUT2D eigenvalue weighted by Gasteiger charge is -2.30. The normalized spacial score (nSPS) is 20.1. The molecule has 184 valence electrons. The van der Waals surface area contributed by atoms with E-state index in [-0.39, 0.29) is 12.5 Å². The molecule has 2 aliphatic heterocycles. The van der Waals surface area contributed by atoms with E-state index in [1.54, 1.807) is 18.5 Å². The number of halogens is 1. The van der Waals surface area contributed by atoms with Crippen LogP contribution in [0.3, 0.4) is 0 Å². The first-order valence-corrected chi connectivity index (χ1v) is 13.6. The summed E-state index contributed by atoms with van der Waals surface area (Å²) in [4.78, 5) is 25.9. The number of ether oxygens (including phenoxy) is 1. The quantitative estimate of drug-likeness (QED) is 0.584. The Morgan fingerprint density at radius 2 is 2.00 bits per heavy atom. The number of amides is 1. The fourth-order valence-electron chi connectivity index (χ4n) is 4.17. The van der Waals surface area contributed by atoms with Crippen molar-refractivity contribution >= 4 is 39.2 Å². The number of nitrogens with one attached hydrogen (secondary N) is 2. The van der Waals surface area contributed by atoms with Crippen molar-refractivity contribution in [1.82, 2.24) is 19.3 Å². The molecule has 2 fully saturated rings. The van der Waals surface area contributed by atoms with Crippen LogP contribution in [0.2, 0.25) is 5.02 Å². The number of hydrogen-bond donors (Lipinski definition) is 2. The SMILES string of the molecule is CS(=O)(=O)N1CCC[C@H](C(=O)Nc2cc(-c3cncc(NCC4CCOCC4)n3)c(Cl)cn2)C1. The Kier molecular flexibility index (Phi) is 7.97. The van der Waals surface area contributed by atoms with Crippen molar-refractivity contribution in [2.45, 2.75) is 25.7 Å². The van der Waals surface area contributed by atoms with Crippen molar-refractivity contribution < 1.29 is 17.9 Å². The monoisotopic (exact) mass is 508 g/mol. The molecule has 0 aliphatic carbocycles. The lowest BCUT2D eigenvalue weighted by atomic mass is 9.99. The zero-order valence-corrected chi connectivity index (χ0v) is 20.6.